The van der Waals surface area contributed by atoms with Crippen LogP contribution < -0.4 is 5.73 Å². The van der Waals surface area contributed by atoms with E-state index in [4.69, 9.17) is 22.6 Å². The first kappa shape index (κ1) is 17.8. The Balaban J connectivity index is 1.67. The van der Waals surface area contributed by atoms with Crippen molar-refractivity contribution in [3.63, 3.8) is 0 Å². The molecular formula is C17H16ClFN4OS. The van der Waals surface area contributed by atoms with Gasteiger partial charge in [-0.15, -0.1) is 11.3 Å². The van der Waals surface area contributed by atoms with Crippen LogP contribution in [0.5, 0.6) is 0 Å². The number of nitrogens with zero attached hydrogens (tertiary/aromatic N) is 3. The molecule has 5 nitrogen and oxygen atoms in total. The van der Waals surface area contributed by atoms with Gasteiger partial charge in [-0.1, -0.05) is 23.7 Å². The van der Waals surface area contributed by atoms with E-state index in [1.165, 1.54) is 16.2 Å². The van der Waals surface area contributed by atoms with E-state index in [0.717, 1.165) is 10.6 Å². The van der Waals surface area contributed by atoms with Crippen molar-refractivity contribution >= 4 is 28.8 Å². The number of rotatable bonds is 4. The van der Waals surface area contributed by atoms with Crippen LogP contribution in [0.1, 0.15) is 12.1 Å². The summed E-state index contributed by atoms with van der Waals surface area (Å²) in [7, 11) is 0. The first-order valence-electron chi connectivity index (χ1n) is 7.78. The standard InChI is InChI=1S/C17H16ClFN4OS/c18-11-3-1-10(2-4-11)16-22-13(9-25-16)6-15(21)17(24)23-8-12(19)5-14(23)7-20/h1-4,9,12,14-15H,5-6,8,21H2/t12-,14-,15-/m0/s1. The Bertz CT molecular complexity index is 804. The van der Waals surface area contributed by atoms with E-state index < -0.39 is 24.2 Å². The SMILES string of the molecule is N#C[C@@H]1C[C@H](F)CN1C(=O)[C@@H](N)Cc1csc(-c2ccc(Cl)cc2)n1. The predicted octanol–water partition coefficient (Wildman–Crippen LogP) is 2.80. The van der Waals surface area contributed by atoms with Crippen molar-refractivity contribution in [2.24, 2.45) is 5.73 Å². The number of nitrogens with two attached hydrogens (primary N) is 1. The van der Waals surface area contributed by atoms with E-state index in [0.29, 0.717) is 10.7 Å². The fourth-order valence-corrected chi connectivity index (χ4v) is 3.77. The summed E-state index contributed by atoms with van der Waals surface area (Å²) in [6.07, 6.45) is -0.877. The number of alkyl halides is 1. The number of thiazole rings is 1. The summed E-state index contributed by atoms with van der Waals surface area (Å²) in [5, 5.41) is 12.4. The molecule has 1 aromatic carbocycles. The molecule has 25 heavy (non-hydrogen) atoms. The van der Waals surface area contributed by atoms with Gasteiger partial charge in [0.25, 0.3) is 0 Å². The molecule has 0 bridgehead atoms. The second-order valence-electron chi connectivity index (χ2n) is 5.93. The Labute approximate surface area is 153 Å². The minimum Gasteiger partial charge on any atom is -0.322 e. The molecule has 1 saturated heterocycles. The van der Waals surface area contributed by atoms with Gasteiger partial charge in [0.1, 0.15) is 17.2 Å². The quantitative estimate of drug-likeness (QED) is 0.886. The Kier molecular flexibility index (Phi) is 5.33. The van der Waals surface area contributed by atoms with Gasteiger partial charge in [-0.3, -0.25) is 4.79 Å². The molecule has 0 radical (unpaired) electrons. The molecule has 2 heterocycles. The normalized spacial score (nSPS) is 21.1. The minimum atomic E-state index is -1.17. The minimum absolute atomic E-state index is 0.0480. The molecule has 0 saturated carbocycles. The van der Waals surface area contributed by atoms with Gasteiger partial charge in [-0.2, -0.15) is 5.26 Å². The second kappa shape index (κ2) is 7.48. The van der Waals surface area contributed by atoms with Crippen LogP contribution in [0.15, 0.2) is 29.6 Å². The first-order chi connectivity index (χ1) is 12.0. The lowest BCUT2D eigenvalue weighted by molar-refractivity contribution is -0.132. The highest BCUT2D eigenvalue weighted by molar-refractivity contribution is 7.13. The van der Waals surface area contributed by atoms with Crippen LogP contribution in [0.2, 0.25) is 5.02 Å². The third-order valence-corrected chi connectivity index (χ3v) is 5.26. The lowest BCUT2D eigenvalue weighted by Crippen LogP contribution is -2.47. The number of hydrogen-bond donors (Lipinski definition) is 1. The van der Waals surface area contributed by atoms with Gasteiger partial charge in [-0.25, -0.2) is 9.37 Å². The second-order valence-corrected chi connectivity index (χ2v) is 7.22. The summed E-state index contributed by atoms with van der Waals surface area (Å²) in [5.41, 5.74) is 7.61. The maximum absolute atomic E-state index is 13.5. The van der Waals surface area contributed by atoms with Crippen LogP contribution in [0.4, 0.5) is 4.39 Å². The average molecular weight is 379 g/mol. The maximum Gasteiger partial charge on any atom is 0.241 e. The average Bonchev–Trinajstić information content (AvgIpc) is 3.21. The fourth-order valence-electron chi connectivity index (χ4n) is 2.80. The summed E-state index contributed by atoms with van der Waals surface area (Å²) in [6, 6.07) is 7.70. The van der Waals surface area contributed by atoms with E-state index in [1.54, 1.807) is 12.1 Å². The molecule has 3 atom stereocenters. The van der Waals surface area contributed by atoms with E-state index in [2.05, 4.69) is 4.98 Å². The molecule has 2 aromatic rings. The van der Waals surface area contributed by atoms with Crippen LogP contribution in [-0.4, -0.2) is 40.6 Å². The Hall–Kier alpha value is -2.01. The summed E-state index contributed by atoms with van der Waals surface area (Å²) in [6.45, 7) is -0.0716. The molecule has 3 rings (SSSR count). The molecule has 0 spiro atoms. The van der Waals surface area contributed by atoms with Crippen LogP contribution in [-0.2, 0) is 11.2 Å². The van der Waals surface area contributed by atoms with Gasteiger partial charge >= 0.3 is 0 Å². The van der Waals surface area contributed by atoms with Crippen molar-refractivity contribution in [3.8, 4) is 16.6 Å². The van der Waals surface area contributed by atoms with Crippen molar-refractivity contribution in [3.05, 3.63) is 40.4 Å². The van der Waals surface area contributed by atoms with E-state index in [1.807, 2.05) is 23.6 Å². The topological polar surface area (TPSA) is 83.0 Å². The molecule has 8 heteroatoms. The van der Waals surface area contributed by atoms with Gasteiger partial charge in [0.2, 0.25) is 5.91 Å². The van der Waals surface area contributed by atoms with Crippen LogP contribution >= 0.6 is 22.9 Å². The third-order valence-electron chi connectivity index (χ3n) is 4.07. The van der Waals surface area contributed by atoms with Crippen molar-refractivity contribution in [2.75, 3.05) is 6.54 Å². The molecule has 130 valence electrons. The highest BCUT2D eigenvalue weighted by atomic mass is 35.5. The summed E-state index contributed by atoms with van der Waals surface area (Å²) < 4.78 is 13.5. The zero-order chi connectivity index (χ0) is 18.0. The number of carbonyl (C=O) groups excluding carboxylic acids is 1. The molecule has 0 unspecified atom stereocenters. The van der Waals surface area contributed by atoms with Crippen molar-refractivity contribution in [1.29, 1.82) is 5.26 Å². The zero-order valence-corrected chi connectivity index (χ0v) is 14.8. The largest absolute Gasteiger partial charge is 0.322 e. The third kappa shape index (κ3) is 3.98. The smallest absolute Gasteiger partial charge is 0.241 e. The summed E-state index contributed by atoms with van der Waals surface area (Å²) >= 11 is 7.33. The number of hydrogen-bond acceptors (Lipinski definition) is 5. The molecule has 1 aromatic heterocycles. The number of nitriles is 1. The van der Waals surface area contributed by atoms with Gasteiger partial charge < -0.3 is 10.6 Å². The lowest BCUT2D eigenvalue weighted by Gasteiger charge is -2.22. The molecular weight excluding hydrogens is 363 g/mol. The Morgan fingerprint density at radius 2 is 2.24 bits per heavy atom. The van der Waals surface area contributed by atoms with Gasteiger partial charge in [-0.05, 0) is 12.1 Å². The van der Waals surface area contributed by atoms with Crippen LogP contribution in [0.25, 0.3) is 10.6 Å². The highest BCUT2D eigenvalue weighted by Gasteiger charge is 2.37. The van der Waals surface area contributed by atoms with E-state index >= 15 is 0 Å². The Morgan fingerprint density at radius 3 is 2.92 bits per heavy atom. The molecule has 1 amide bonds. The summed E-state index contributed by atoms with van der Waals surface area (Å²) in [4.78, 5) is 18.2. The van der Waals surface area contributed by atoms with Crippen LogP contribution in [0, 0.1) is 11.3 Å². The van der Waals surface area contributed by atoms with Crippen molar-refractivity contribution in [2.45, 2.75) is 31.1 Å². The summed E-state index contributed by atoms with van der Waals surface area (Å²) in [5.74, 6) is -0.409. The Morgan fingerprint density at radius 1 is 1.52 bits per heavy atom. The van der Waals surface area contributed by atoms with E-state index in [9.17, 15) is 9.18 Å². The van der Waals surface area contributed by atoms with Crippen molar-refractivity contribution in [1.82, 2.24) is 9.88 Å². The lowest BCUT2D eigenvalue weighted by atomic mass is 10.1. The fraction of sp³-hybridized carbons (Fsp3) is 0.353. The number of aromatic nitrogens is 1. The van der Waals surface area contributed by atoms with Gasteiger partial charge in [0.15, 0.2) is 0 Å². The maximum atomic E-state index is 13.5. The number of amides is 1. The molecule has 2 N–H and O–H groups in total. The first-order valence-corrected chi connectivity index (χ1v) is 9.03. The molecule has 1 aliphatic heterocycles. The number of carbonyl (C=O) groups is 1. The predicted molar refractivity (Wildman–Crippen MR) is 94.9 cm³/mol. The van der Waals surface area contributed by atoms with Crippen LogP contribution in [0.3, 0.4) is 0 Å². The monoisotopic (exact) mass is 378 g/mol. The number of benzene rings is 1. The van der Waals surface area contributed by atoms with E-state index in [-0.39, 0.29) is 19.4 Å². The highest BCUT2D eigenvalue weighted by Crippen LogP contribution is 2.26. The molecule has 1 aliphatic rings. The van der Waals surface area contributed by atoms with Gasteiger partial charge in [0, 0.05) is 28.8 Å². The number of halogens is 2. The number of likely N-dealkylation sites (tertiary alicyclic amines) is 1. The zero-order valence-electron chi connectivity index (χ0n) is 13.2. The van der Waals surface area contributed by atoms with Crippen molar-refractivity contribution < 1.29 is 9.18 Å². The molecule has 0 aliphatic carbocycles. The molecule has 1 fully saturated rings. The van der Waals surface area contributed by atoms with Gasteiger partial charge in [0.05, 0.1) is 24.3 Å².